The van der Waals surface area contributed by atoms with Crippen molar-refractivity contribution in [3.05, 3.63) is 24.0 Å². The molecule has 1 atom stereocenters. The molecule has 1 aromatic rings. The Morgan fingerprint density at radius 3 is 3.10 bits per heavy atom. The monoisotopic (exact) mass is 288 g/mol. The summed E-state index contributed by atoms with van der Waals surface area (Å²) in [7, 11) is 0. The van der Waals surface area contributed by atoms with Gasteiger partial charge in [0.05, 0.1) is 12.2 Å². The van der Waals surface area contributed by atoms with Crippen LogP contribution in [0.15, 0.2) is 18.3 Å². The number of carbonyl (C=O) groups is 2. The van der Waals surface area contributed by atoms with Gasteiger partial charge in [-0.25, -0.2) is 0 Å². The quantitative estimate of drug-likeness (QED) is 0.892. The summed E-state index contributed by atoms with van der Waals surface area (Å²) >= 11 is 0. The Hall–Kier alpha value is -2.11. The fourth-order valence-electron chi connectivity index (χ4n) is 3.07. The normalized spacial score (nSPS) is 21.7. The first-order valence-electron chi connectivity index (χ1n) is 7.46. The highest BCUT2D eigenvalue weighted by atomic mass is 16.2. The van der Waals surface area contributed by atoms with Crippen LogP contribution in [0.2, 0.25) is 0 Å². The molecule has 2 aliphatic heterocycles. The van der Waals surface area contributed by atoms with Crippen LogP contribution in [0.3, 0.4) is 0 Å². The van der Waals surface area contributed by atoms with Crippen molar-refractivity contribution in [2.75, 3.05) is 25.0 Å². The summed E-state index contributed by atoms with van der Waals surface area (Å²) in [6, 6.07) is 3.58. The van der Waals surface area contributed by atoms with Gasteiger partial charge in [0, 0.05) is 25.0 Å². The Morgan fingerprint density at radius 1 is 1.43 bits per heavy atom. The standard InChI is InChI=1S/C15H20N4O2/c1-2-16-11-5-6-17-12(8-11)9-18-10-14(20)19-7-3-4-13(19)15(18)21/h5-6,8,13H,2-4,7,9-10H2,1H3,(H,16,17). The number of pyridine rings is 1. The van der Waals surface area contributed by atoms with Crippen LogP contribution in [0.5, 0.6) is 0 Å². The summed E-state index contributed by atoms with van der Waals surface area (Å²) in [5, 5.41) is 3.22. The average Bonchev–Trinajstić information content (AvgIpc) is 2.95. The molecule has 3 heterocycles. The summed E-state index contributed by atoms with van der Waals surface area (Å²) in [5.74, 6) is 0.114. The molecule has 0 saturated carbocycles. The van der Waals surface area contributed by atoms with Gasteiger partial charge in [0.15, 0.2) is 0 Å². The predicted molar refractivity (Wildman–Crippen MR) is 78.6 cm³/mol. The molecule has 2 saturated heterocycles. The van der Waals surface area contributed by atoms with E-state index in [0.717, 1.165) is 37.3 Å². The molecule has 6 nitrogen and oxygen atoms in total. The van der Waals surface area contributed by atoms with Gasteiger partial charge in [-0.3, -0.25) is 14.6 Å². The molecule has 1 unspecified atom stereocenters. The van der Waals surface area contributed by atoms with Crippen molar-refractivity contribution in [3.8, 4) is 0 Å². The number of hydrogen-bond donors (Lipinski definition) is 1. The summed E-state index contributed by atoms with van der Waals surface area (Å²) in [4.78, 5) is 32.2. The summed E-state index contributed by atoms with van der Waals surface area (Å²) in [5.41, 5.74) is 1.79. The molecule has 1 aromatic heterocycles. The van der Waals surface area contributed by atoms with Gasteiger partial charge < -0.3 is 15.1 Å². The van der Waals surface area contributed by atoms with Crippen molar-refractivity contribution in [2.45, 2.75) is 32.4 Å². The maximum Gasteiger partial charge on any atom is 0.246 e. The van der Waals surface area contributed by atoms with Gasteiger partial charge in [0.2, 0.25) is 11.8 Å². The average molecular weight is 288 g/mol. The molecule has 1 N–H and O–H groups in total. The Bertz CT molecular complexity index is 560. The van der Waals surface area contributed by atoms with Gasteiger partial charge in [-0.2, -0.15) is 0 Å². The largest absolute Gasteiger partial charge is 0.385 e. The number of fused-ring (bicyclic) bond motifs is 1. The summed E-state index contributed by atoms with van der Waals surface area (Å²) in [6.45, 7) is 4.15. The van der Waals surface area contributed by atoms with E-state index in [2.05, 4.69) is 10.3 Å². The molecule has 0 radical (unpaired) electrons. The van der Waals surface area contributed by atoms with E-state index in [9.17, 15) is 9.59 Å². The number of amides is 2. The predicted octanol–water partition coefficient (Wildman–Crippen LogP) is 0.847. The lowest BCUT2D eigenvalue weighted by Crippen LogP contribution is -2.56. The number of piperazine rings is 1. The minimum absolute atomic E-state index is 0.0555. The molecule has 2 amide bonds. The van der Waals surface area contributed by atoms with Crippen LogP contribution in [0.25, 0.3) is 0 Å². The fourth-order valence-corrected chi connectivity index (χ4v) is 3.07. The lowest BCUT2D eigenvalue weighted by atomic mass is 10.1. The van der Waals surface area contributed by atoms with Gasteiger partial charge >= 0.3 is 0 Å². The van der Waals surface area contributed by atoms with E-state index in [0.29, 0.717) is 6.54 Å². The van der Waals surface area contributed by atoms with Crippen LogP contribution in [0, 0.1) is 0 Å². The minimum atomic E-state index is -0.247. The second-order valence-corrected chi connectivity index (χ2v) is 5.51. The number of nitrogens with zero attached hydrogens (tertiary/aromatic N) is 3. The molecule has 0 aliphatic carbocycles. The molecule has 0 bridgehead atoms. The molecule has 112 valence electrons. The Morgan fingerprint density at radius 2 is 2.29 bits per heavy atom. The molecule has 21 heavy (non-hydrogen) atoms. The Kier molecular flexibility index (Phi) is 3.77. The fraction of sp³-hybridized carbons (Fsp3) is 0.533. The van der Waals surface area contributed by atoms with Gasteiger partial charge in [-0.15, -0.1) is 0 Å². The van der Waals surface area contributed by atoms with E-state index in [1.807, 2.05) is 19.1 Å². The Balaban J connectivity index is 1.73. The molecule has 3 rings (SSSR count). The highest BCUT2D eigenvalue weighted by molar-refractivity contribution is 5.95. The van der Waals surface area contributed by atoms with E-state index in [1.54, 1.807) is 16.0 Å². The van der Waals surface area contributed by atoms with E-state index >= 15 is 0 Å². The van der Waals surface area contributed by atoms with Gasteiger partial charge in [0.1, 0.15) is 12.6 Å². The summed E-state index contributed by atoms with van der Waals surface area (Å²) < 4.78 is 0. The molecule has 0 aromatic carbocycles. The van der Waals surface area contributed by atoms with Crippen LogP contribution in [0.4, 0.5) is 5.69 Å². The third kappa shape index (κ3) is 2.70. The van der Waals surface area contributed by atoms with Crippen LogP contribution in [-0.4, -0.2) is 52.3 Å². The zero-order valence-corrected chi connectivity index (χ0v) is 12.2. The maximum atomic E-state index is 12.5. The van der Waals surface area contributed by atoms with Crippen LogP contribution < -0.4 is 5.32 Å². The molecular weight excluding hydrogens is 268 g/mol. The van der Waals surface area contributed by atoms with E-state index in [1.165, 1.54) is 0 Å². The zero-order valence-electron chi connectivity index (χ0n) is 12.2. The molecule has 2 aliphatic rings. The smallest absolute Gasteiger partial charge is 0.246 e. The van der Waals surface area contributed by atoms with Gasteiger partial charge in [-0.1, -0.05) is 0 Å². The van der Waals surface area contributed by atoms with Crippen molar-refractivity contribution in [3.63, 3.8) is 0 Å². The number of nitrogens with one attached hydrogen (secondary N) is 1. The van der Waals surface area contributed by atoms with Gasteiger partial charge in [-0.05, 0) is 31.9 Å². The SMILES string of the molecule is CCNc1ccnc(CN2CC(=O)N3CCCC3C2=O)c1. The first-order valence-corrected chi connectivity index (χ1v) is 7.46. The number of anilines is 1. The first-order chi connectivity index (χ1) is 10.2. The van der Waals surface area contributed by atoms with E-state index in [4.69, 9.17) is 0 Å². The zero-order chi connectivity index (χ0) is 14.8. The summed E-state index contributed by atoms with van der Waals surface area (Å²) in [6.07, 6.45) is 3.43. The van der Waals surface area contributed by atoms with Crippen molar-refractivity contribution in [1.29, 1.82) is 0 Å². The lowest BCUT2D eigenvalue weighted by Gasteiger charge is -2.36. The maximum absolute atomic E-state index is 12.5. The molecule has 6 heteroatoms. The van der Waals surface area contributed by atoms with Crippen LogP contribution in [-0.2, 0) is 16.1 Å². The van der Waals surface area contributed by atoms with Crippen LogP contribution in [0.1, 0.15) is 25.5 Å². The van der Waals surface area contributed by atoms with Crippen molar-refractivity contribution in [2.24, 2.45) is 0 Å². The number of hydrogen-bond acceptors (Lipinski definition) is 4. The van der Waals surface area contributed by atoms with Crippen molar-refractivity contribution >= 4 is 17.5 Å². The number of rotatable bonds is 4. The van der Waals surface area contributed by atoms with E-state index < -0.39 is 0 Å². The van der Waals surface area contributed by atoms with Gasteiger partial charge in [0.25, 0.3) is 0 Å². The number of aromatic nitrogens is 1. The van der Waals surface area contributed by atoms with Crippen molar-refractivity contribution in [1.82, 2.24) is 14.8 Å². The van der Waals surface area contributed by atoms with Crippen molar-refractivity contribution < 1.29 is 9.59 Å². The molecule has 0 spiro atoms. The second kappa shape index (κ2) is 5.71. The Labute approximate surface area is 124 Å². The third-order valence-electron chi connectivity index (χ3n) is 4.05. The highest BCUT2D eigenvalue weighted by Gasteiger charge is 2.41. The molecule has 2 fully saturated rings. The van der Waals surface area contributed by atoms with E-state index in [-0.39, 0.29) is 24.4 Å². The first kappa shape index (κ1) is 13.9. The third-order valence-corrected chi connectivity index (χ3v) is 4.05. The number of carbonyl (C=O) groups excluding carboxylic acids is 2. The lowest BCUT2D eigenvalue weighted by molar-refractivity contribution is -0.154. The topological polar surface area (TPSA) is 65.5 Å². The second-order valence-electron chi connectivity index (χ2n) is 5.51. The minimum Gasteiger partial charge on any atom is -0.385 e. The highest BCUT2D eigenvalue weighted by Crippen LogP contribution is 2.24. The molecular formula is C15H20N4O2. The van der Waals surface area contributed by atoms with Crippen LogP contribution >= 0.6 is 0 Å².